The second-order valence-corrected chi connectivity index (χ2v) is 9.09. The highest BCUT2D eigenvalue weighted by atomic mass is 32.1. The zero-order valence-corrected chi connectivity index (χ0v) is 18.3. The first-order valence-corrected chi connectivity index (χ1v) is 11.3. The van der Waals surface area contributed by atoms with Crippen LogP contribution in [0.3, 0.4) is 0 Å². The molecule has 3 aromatic rings. The number of aryl methyl sites for hydroxylation is 1. The van der Waals surface area contributed by atoms with Crippen molar-refractivity contribution in [3.8, 4) is 0 Å². The van der Waals surface area contributed by atoms with Gasteiger partial charge in [-0.05, 0) is 63.5 Å². The lowest BCUT2D eigenvalue weighted by Crippen LogP contribution is -2.35. The topological polar surface area (TPSA) is 32.3 Å². The lowest BCUT2D eigenvalue weighted by atomic mass is 9.92. The molecule has 1 fully saturated rings. The van der Waals surface area contributed by atoms with Gasteiger partial charge in [-0.25, -0.2) is 4.39 Å². The van der Waals surface area contributed by atoms with Crippen LogP contribution in [0.1, 0.15) is 57.2 Å². The highest BCUT2D eigenvalue weighted by Crippen LogP contribution is 2.43. The second kappa shape index (κ2) is 9.11. The van der Waals surface area contributed by atoms with Crippen molar-refractivity contribution in [1.82, 2.24) is 4.90 Å². The molecule has 0 aliphatic carbocycles. The van der Waals surface area contributed by atoms with Crippen LogP contribution in [0.4, 0.5) is 9.39 Å². The Balaban J connectivity index is 1.79. The normalized spacial score (nSPS) is 15.7. The molecule has 4 rings (SSSR count). The monoisotopic (exact) mass is 422 g/mol. The number of nitrogens with zero attached hydrogens (tertiary/aromatic N) is 1. The number of likely N-dealkylation sites (tertiary alicyclic amines) is 1. The molecule has 0 bridgehead atoms. The van der Waals surface area contributed by atoms with Crippen LogP contribution in [0, 0.1) is 19.7 Å². The van der Waals surface area contributed by atoms with E-state index < -0.39 is 0 Å². The van der Waals surface area contributed by atoms with Gasteiger partial charge in [-0.2, -0.15) is 0 Å². The Morgan fingerprint density at radius 3 is 2.37 bits per heavy atom. The average Bonchev–Trinajstić information content (AvgIpc) is 3.04. The number of nitrogens with one attached hydrogen (secondary N) is 1. The van der Waals surface area contributed by atoms with Crippen molar-refractivity contribution in [3.05, 3.63) is 87.5 Å². The summed E-state index contributed by atoms with van der Waals surface area (Å²) in [6.45, 7) is 6.01. The first kappa shape index (κ1) is 20.8. The summed E-state index contributed by atoms with van der Waals surface area (Å²) in [7, 11) is 0. The Morgan fingerprint density at radius 2 is 1.67 bits per heavy atom. The number of anilines is 1. The molecule has 5 heteroatoms. The average molecular weight is 423 g/mol. The number of benzene rings is 2. The molecule has 1 N–H and O–H groups in total. The molecular formula is C25H27FN2OS. The summed E-state index contributed by atoms with van der Waals surface area (Å²) < 4.78 is 15.0. The first-order valence-electron chi connectivity index (χ1n) is 10.5. The number of halogens is 1. The maximum atomic E-state index is 15.0. The van der Waals surface area contributed by atoms with Crippen LogP contribution in [0.25, 0.3) is 0 Å². The van der Waals surface area contributed by atoms with E-state index in [1.165, 1.54) is 12.5 Å². The van der Waals surface area contributed by atoms with Gasteiger partial charge in [-0.3, -0.25) is 9.69 Å². The minimum atomic E-state index is -0.206. The maximum Gasteiger partial charge on any atom is 0.256 e. The molecule has 0 spiro atoms. The van der Waals surface area contributed by atoms with E-state index in [0.717, 1.165) is 46.9 Å². The molecule has 156 valence electrons. The van der Waals surface area contributed by atoms with Gasteiger partial charge in [0.15, 0.2) is 0 Å². The quantitative estimate of drug-likeness (QED) is 0.521. The van der Waals surface area contributed by atoms with Gasteiger partial charge in [-0.1, -0.05) is 42.8 Å². The lowest BCUT2D eigenvalue weighted by molar-refractivity contribution is 0.102. The third kappa shape index (κ3) is 4.18. The van der Waals surface area contributed by atoms with Crippen LogP contribution >= 0.6 is 11.3 Å². The number of hydrogen-bond acceptors (Lipinski definition) is 3. The Kier molecular flexibility index (Phi) is 6.30. The third-order valence-electron chi connectivity index (χ3n) is 5.92. The fourth-order valence-corrected chi connectivity index (χ4v) is 5.33. The number of hydrogen-bond donors (Lipinski definition) is 1. The van der Waals surface area contributed by atoms with Crippen LogP contribution in [0.5, 0.6) is 0 Å². The van der Waals surface area contributed by atoms with Crippen molar-refractivity contribution in [2.75, 3.05) is 18.4 Å². The SMILES string of the molecule is Cc1sc(NC(=O)c2ccccc2)c([C@H](c2ccccc2F)N2CCCCC2)c1C. The molecule has 1 aliphatic heterocycles. The van der Waals surface area contributed by atoms with E-state index in [9.17, 15) is 9.18 Å². The summed E-state index contributed by atoms with van der Waals surface area (Å²) in [5, 5.41) is 3.95. The number of carbonyl (C=O) groups is 1. The Morgan fingerprint density at radius 1 is 1.00 bits per heavy atom. The van der Waals surface area contributed by atoms with Crippen molar-refractivity contribution in [2.24, 2.45) is 0 Å². The number of thiophene rings is 1. The van der Waals surface area contributed by atoms with Crippen molar-refractivity contribution >= 4 is 22.2 Å². The Labute approximate surface area is 181 Å². The van der Waals surface area contributed by atoms with Crippen molar-refractivity contribution in [3.63, 3.8) is 0 Å². The molecule has 2 heterocycles. The molecule has 2 aromatic carbocycles. The van der Waals surface area contributed by atoms with Crippen LogP contribution in [-0.2, 0) is 0 Å². The third-order valence-corrected chi connectivity index (χ3v) is 7.06. The molecule has 0 radical (unpaired) electrons. The number of piperidine rings is 1. The smallest absolute Gasteiger partial charge is 0.256 e. The van der Waals surface area contributed by atoms with Gasteiger partial charge in [0.2, 0.25) is 0 Å². The van der Waals surface area contributed by atoms with Gasteiger partial charge in [0.25, 0.3) is 5.91 Å². The predicted molar refractivity (Wildman–Crippen MR) is 122 cm³/mol. The molecule has 1 saturated heterocycles. The van der Waals surface area contributed by atoms with E-state index in [0.29, 0.717) is 11.1 Å². The largest absolute Gasteiger partial charge is 0.313 e. The van der Waals surface area contributed by atoms with Gasteiger partial charge in [-0.15, -0.1) is 11.3 Å². The van der Waals surface area contributed by atoms with E-state index >= 15 is 0 Å². The Hall–Kier alpha value is -2.50. The molecule has 1 atom stereocenters. The molecule has 1 aromatic heterocycles. The van der Waals surface area contributed by atoms with Gasteiger partial charge in [0, 0.05) is 21.6 Å². The van der Waals surface area contributed by atoms with Gasteiger partial charge in [0.05, 0.1) is 6.04 Å². The van der Waals surface area contributed by atoms with E-state index in [4.69, 9.17) is 0 Å². The minimum Gasteiger partial charge on any atom is -0.313 e. The van der Waals surface area contributed by atoms with Gasteiger partial charge >= 0.3 is 0 Å². The number of carbonyl (C=O) groups excluding carboxylic acids is 1. The molecule has 1 amide bonds. The van der Waals surface area contributed by atoms with Crippen molar-refractivity contribution in [2.45, 2.75) is 39.2 Å². The molecule has 3 nitrogen and oxygen atoms in total. The predicted octanol–water partition coefficient (Wildman–Crippen LogP) is 6.33. The lowest BCUT2D eigenvalue weighted by Gasteiger charge is -2.36. The minimum absolute atomic E-state index is 0.135. The van der Waals surface area contributed by atoms with Crippen LogP contribution < -0.4 is 5.32 Å². The molecule has 1 aliphatic rings. The van der Waals surface area contributed by atoms with Crippen LogP contribution in [-0.4, -0.2) is 23.9 Å². The molecule has 0 unspecified atom stereocenters. The summed E-state index contributed by atoms with van der Waals surface area (Å²) in [6, 6.07) is 16.1. The van der Waals surface area contributed by atoms with E-state index in [-0.39, 0.29) is 17.8 Å². The second-order valence-electron chi connectivity index (χ2n) is 7.87. The number of amides is 1. The zero-order chi connectivity index (χ0) is 21.1. The fourth-order valence-electron chi connectivity index (χ4n) is 4.24. The summed E-state index contributed by atoms with van der Waals surface area (Å²) >= 11 is 1.58. The molecular weight excluding hydrogens is 395 g/mol. The highest BCUT2D eigenvalue weighted by molar-refractivity contribution is 7.16. The van der Waals surface area contributed by atoms with Crippen molar-refractivity contribution < 1.29 is 9.18 Å². The summed E-state index contributed by atoms with van der Waals surface area (Å²) in [4.78, 5) is 16.4. The van der Waals surface area contributed by atoms with Crippen LogP contribution in [0.2, 0.25) is 0 Å². The Bertz CT molecular complexity index is 1020. The summed E-state index contributed by atoms with van der Waals surface area (Å²) in [6.07, 6.45) is 3.43. The van der Waals surface area contributed by atoms with Gasteiger partial charge < -0.3 is 5.32 Å². The van der Waals surface area contributed by atoms with Gasteiger partial charge in [0.1, 0.15) is 10.8 Å². The summed E-state index contributed by atoms with van der Waals surface area (Å²) in [5.74, 6) is -0.333. The van der Waals surface area contributed by atoms with Crippen LogP contribution in [0.15, 0.2) is 54.6 Å². The molecule has 0 saturated carbocycles. The van der Waals surface area contributed by atoms with Crippen molar-refractivity contribution in [1.29, 1.82) is 0 Å². The van der Waals surface area contributed by atoms with E-state index in [1.807, 2.05) is 30.3 Å². The first-order chi connectivity index (χ1) is 14.6. The summed E-state index contributed by atoms with van der Waals surface area (Å²) in [5.41, 5.74) is 3.44. The highest BCUT2D eigenvalue weighted by Gasteiger charge is 2.31. The zero-order valence-electron chi connectivity index (χ0n) is 17.5. The fraction of sp³-hybridized carbons (Fsp3) is 0.320. The molecule has 30 heavy (non-hydrogen) atoms. The maximum absolute atomic E-state index is 15.0. The van der Waals surface area contributed by atoms with E-state index in [1.54, 1.807) is 29.5 Å². The number of rotatable bonds is 5. The van der Waals surface area contributed by atoms with E-state index in [2.05, 4.69) is 24.1 Å². The standard InChI is InChI=1S/C25H27FN2OS/c1-17-18(2)30-25(27-24(29)19-11-5-3-6-12-19)22(17)23(28-15-9-4-10-16-28)20-13-7-8-14-21(20)26/h3,5-8,11-14,23H,4,9-10,15-16H2,1-2H3,(H,27,29)/t23-/m0/s1.